The number of nitrogens with one attached hydrogen (secondary N) is 1. The van der Waals surface area contributed by atoms with E-state index < -0.39 is 31.9 Å². The second-order valence-corrected chi connectivity index (χ2v) is 11.8. The average Bonchev–Trinajstić information content (AvgIpc) is 3.26. The normalized spacial score (nSPS) is 16.4. The molecular weight excluding hydrogens is 477 g/mol. The van der Waals surface area contributed by atoms with Crippen molar-refractivity contribution in [2.75, 3.05) is 10.5 Å². The Morgan fingerprint density at radius 1 is 1.00 bits per heavy atom. The lowest BCUT2D eigenvalue weighted by atomic mass is 9.98. The maximum atomic E-state index is 13.5. The number of hydrogen-bond acceptors (Lipinski definition) is 5. The minimum Gasteiger partial charge on any atom is -0.284 e. The van der Waals surface area contributed by atoms with E-state index >= 15 is 0 Å². The Labute approximate surface area is 199 Å². The smallest absolute Gasteiger partial charge is 0.279 e. The summed E-state index contributed by atoms with van der Waals surface area (Å²) < 4.78 is 67.9. The number of anilines is 1. The summed E-state index contributed by atoms with van der Waals surface area (Å²) in [6.45, 7) is 3.48. The number of sulfonamides is 2. The van der Waals surface area contributed by atoms with Gasteiger partial charge in [-0.3, -0.25) is 4.72 Å². The summed E-state index contributed by atoms with van der Waals surface area (Å²) in [5.74, 6) is -0.608. The third-order valence-electron chi connectivity index (χ3n) is 5.54. The van der Waals surface area contributed by atoms with Crippen LogP contribution in [0.5, 0.6) is 0 Å². The SMILES string of the molecule is CCS(=O)(=O)Nc1cccc(C2=NN(S(=O)(=O)c3ccc(F)cc3)[C@H](c3ccc(C)cc3)C2)c1. The lowest BCUT2D eigenvalue weighted by Crippen LogP contribution is -2.27. The molecule has 1 N–H and O–H groups in total. The van der Waals surface area contributed by atoms with Crippen LogP contribution in [0.1, 0.15) is 36.1 Å². The van der Waals surface area contributed by atoms with Crippen molar-refractivity contribution in [3.8, 4) is 0 Å². The van der Waals surface area contributed by atoms with Gasteiger partial charge in [-0.05, 0) is 61.4 Å². The van der Waals surface area contributed by atoms with Gasteiger partial charge in [0.15, 0.2) is 0 Å². The highest BCUT2D eigenvalue weighted by Gasteiger charge is 2.37. The summed E-state index contributed by atoms with van der Waals surface area (Å²) in [4.78, 5) is -0.0690. The van der Waals surface area contributed by atoms with Crippen LogP contribution < -0.4 is 4.72 Å². The molecule has 1 heterocycles. The summed E-state index contributed by atoms with van der Waals surface area (Å²) in [5, 5.41) is 4.46. The van der Waals surface area contributed by atoms with Gasteiger partial charge >= 0.3 is 0 Å². The molecule has 0 saturated heterocycles. The molecule has 0 aromatic heterocycles. The van der Waals surface area contributed by atoms with E-state index in [0.29, 0.717) is 17.0 Å². The Bertz CT molecular complexity index is 1440. The number of hydrazone groups is 1. The summed E-state index contributed by atoms with van der Waals surface area (Å²) in [6.07, 6.45) is 0.285. The first-order chi connectivity index (χ1) is 16.1. The van der Waals surface area contributed by atoms with Crippen LogP contribution in [-0.4, -0.2) is 32.7 Å². The summed E-state index contributed by atoms with van der Waals surface area (Å²) in [6, 6.07) is 18.2. The van der Waals surface area contributed by atoms with E-state index in [9.17, 15) is 21.2 Å². The Kier molecular flexibility index (Phi) is 6.46. The van der Waals surface area contributed by atoms with Crippen molar-refractivity contribution in [2.24, 2.45) is 5.10 Å². The molecule has 7 nitrogen and oxygen atoms in total. The van der Waals surface area contributed by atoms with Gasteiger partial charge in [0.2, 0.25) is 10.0 Å². The zero-order valence-electron chi connectivity index (χ0n) is 18.6. The zero-order chi connectivity index (χ0) is 24.5. The molecule has 0 radical (unpaired) electrons. The summed E-state index contributed by atoms with van der Waals surface area (Å²) in [7, 11) is -7.55. The van der Waals surface area contributed by atoms with Crippen molar-refractivity contribution in [1.29, 1.82) is 0 Å². The molecule has 0 saturated carbocycles. The highest BCUT2D eigenvalue weighted by Crippen LogP contribution is 2.37. The van der Waals surface area contributed by atoms with Crippen molar-refractivity contribution in [3.05, 3.63) is 95.3 Å². The van der Waals surface area contributed by atoms with Crippen molar-refractivity contribution >= 4 is 31.4 Å². The fourth-order valence-electron chi connectivity index (χ4n) is 3.65. The molecule has 1 aliphatic heterocycles. The van der Waals surface area contributed by atoms with Crippen LogP contribution in [0.15, 0.2) is 82.8 Å². The third-order valence-corrected chi connectivity index (χ3v) is 8.54. The number of nitrogens with zero attached hydrogens (tertiary/aromatic N) is 2. The van der Waals surface area contributed by atoms with Crippen LogP contribution >= 0.6 is 0 Å². The maximum absolute atomic E-state index is 13.5. The molecule has 0 spiro atoms. The summed E-state index contributed by atoms with van der Waals surface area (Å²) in [5.41, 5.74) is 3.26. The highest BCUT2D eigenvalue weighted by molar-refractivity contribution is 7.92. The minimum absolute atomic E-state index is 0.0690. The largest absolute Gasteiger partial charge is 0.284 e. The number of hydrogen-bond donors (Lipinski definition) is 1. The van der Waals surface area contributed by atoms with Crippen molar-refractivity contribution < 1.29 is 21.2 Å². The second-order valence-electron chi connectivity index (χ2n) is 8.00. The lowest BCUT2D eigenvalue weighted by molar-refractivity contribution is 0.371. The van der Waals surface area contributed by atoms with E-state index in [-0.39, 0.29) is 17.1 Å². The second kappa shape index (κ2) is 9.19. The Morgan fingerprint density at radius 2 is 1.68 bits per heavy atom. The van der Waals surface area contributed by atoms with Crippen molar-refractivity contribution in [3.63, 3.8) is 0 Å². The molecule has 0 bridgehead atoms. The number of aryl methyl sites for hydroxylation is 1. The molecule has 4 rings (SSSR count). The molecule has 3 aromatic rings. The number of rotatable bonds is 7. The Morgan fingerprint density at radius 3 is 2.32 bits per heavy atom. The van der Waals surface area contributed by atoms with E-state index in [0.717, 1.165) is 27.7 Å². The van der Waals surface area contributed by atoms with E-state index in [4.69, 9.17) is 0 Å². The average molecular weight is 502 g/mol. The van der Waals surface area contributed by atoms with E-state index in [2.05, 4.69) is 9.82 Å². The van der Waals surface area contributed by atoms with Gasteiger partial charge in [0.25, 0.3) is 10.0 Å². The predicted molar refractivity (Wildman–Crippen MR) is 130 cm³/mol. The van der Waals surface area contributed by atoms with Crippen molar-refractivity contribution in [2.45, 2.75) is 31.2 Å². The van der Waals surface area contributed by atoms with Crippen LogP contribution in [0, 0.1) is 12.7 Å². The van der Waals surface area contributed by atoms with Gasteiger partial charge in [-0.15, -0.1) is 0 Å². The van der Waals surface area contributed by atoms with Crippen LogP contribution in [0.25, 0.3) is 0 Å². The van der Waals surface area contributed by atoms with Gasteiger partial charge in [0, 0.05) is 12.1 Å². The molecule has 178 valence electrons. The molecule has 34 heavy (non-hydrogen) atoms. The van der Waals surface area contributed by atoms with Crippen LogP contribution in [0.3, 0.4) is 0 Å². The van der Waals surface area contributed by atoms with E-state index in [1.165, 1.54) is 19.1 Å². The quantitative estimate of drug-likeness (QED) is 0.518. The fourth-order valence-corrected chi connectivity index (χ4v) is 5.71. The maximum Gasteiger partial charge on any atom is 0.279 e. The lowest BCUT2D eigenvalue weighted by Gasteiger charge is -2.23. The van der Waals surface area contributed by atoms with Gasteiger partial charge < -0.3 is 0 Å². The molecule has 0 fully saturated rings. The molecule has 0 unspecified atom stereocenters. The first kappa shape index (κ1) is 23.9. The molecule has 1 aliphatic rings. The Balaban J connectivity index is 1.76. The highest BCUT2D eigenvalue weighted by atomic mass is 32.2. The molecule has 3 aromatic carbocycles. The van der Waals surface area contributed by atoms with Gasteiger partial charge in [0.1, 0.15) is 5.82 Å². The zero-order valence-corrected chi connectivity index (χ0v) is 20.3. The minimum atomic E-state index is -4.08. The third kappa shape index (κ3) is 4.97. The number of halogens is 1. The van der Waals surface area contributed by atoms with Gasteiger partial charge in [-0.2, -0.15) is 17.9 Å². The molecule has 10 heteroatoms. The first-order valence-electron chi connectivity index (χ1n) is 10.6. The molecular formula is C24H24FN3O4S2. The first-order valence-corrected chi connectivity index (χ1v) is 13.7. The van der Waals surface area contributed by atoms with E-state index in [1.54, 1.807) is 24.3 Å². The van der Waals surface area contributed by atoms with Crippen LogP contribution in [0.4, 0.5) is 10.1 Å². The summed E-state index contributed by atoms with van der Waals surface area (Å²) >= 11 is 0. The van der Waals surface area contributed by atoms with Crippen molar-refractivity contribution in [1.82, 2.24) is 4.41 Å². The fraction of sp³-hybridized carbons (Fsp3) is 0.208. The molecule has 0 amide bonds. The standard InChI is InChI=1S/C24H24FN3O4S2/c1-3-33(29,30)27-21-6-4-5-19(15-21)23-16-24(18-9-7-17(2)8-10-18)28(26-23)34(31,32)22-13-11-20(25)12-14-22/h4-15,24,27H,3,16H2,1-2H3/t24-/m0/s1. The van der Waals surface area contributed by atoms with Gasteiger partial charge in [0.05, 0.1) is 22.4 Å². The van der Waals surface area contributed by atoms with Gasteiger partial charge in [-0.25, -0.2) is 12.8 Å². The van der Waals surface area contributed by atoms with Crippen LogP contribution in [0.2, 0.25) is 0 Å². The monoisotopic (exact) mass is 501 g/mol. The molecule has 0 aliphatic carbocycles. The Hall–Kier alpha value is -3.24. The topological polar surface area (TPSA) is 95.9 Å². The van der Waals surface area contributed by atoms with Gasteiger partial charge in [-0.1, -0.05) is 42.0 Å². The molecule has 1 atom stereocenters. The predicted octanol–water partition coefficient (Wildman–Crippen LogP) is 4.44. The van der Waals surface area contributed by atoms with E-state index in [1.807, 2.05) is 31.2 Å². The van der Waals surface area contributed by atoms with Crippen LogP contribution in [-0.2, 0) is 20.0 Å². The number of benzene rings is 3.